The molecule has 1 unspecified atom stereocenters. The first-order valence-electron chi connectivity index (χ1n) is 10.1. The number of carbonyl (C=O) groups is 1. The Morgan fingerprint density at radius 3 is 2.69 bits per heavy atom. The van der Waals surface area contributed by atoms with E-state index in [-0.39, 0.29) is 12.4 Å². The molecule has 1 aromatic rings. The Bertz CT molecular complexity index is 617. The molecule has 4 nitrogen and oxygen atoms in total. The summed E-state index contributed by atoms with van der Waals surface area (Å²) in [4.78, 5) is 17.1. The van der Waals surface area contributed by atoms with Gasteiger partial charge in [0.25, 0.3) is 0 Å². The van der Waals surface area contributed by atoms with Gasteiger partial charge in [-0.25, -0.2) is 0 Å². The SMILES string of the molecule is Cl.O=C(CCN1CCCC2(CCCc3ccccc32)C1)N1CCNCC1. The van der Waals surface area contributed by atoms with E-state index in [1.165, 1.54) is 32.1 Å². The maximum absolute atomic E-state index is 12.5. The monoisotopic (exact) mass is 377 g/mol. The maximum Gasteiger partial charge on any atom is 0.223 e. The van der Waals surface area contributed by atoms with Gasteiger partial charge in [-0.05, 0) is 49.8 Å². The number of hydrogen-bond acceptors (Lipinski definition) is 3. The number of carbonyl (C=O) groups excluding carboxylic acids is 1. The summed E-state index contributed by atoms with van der Waals surface area (Å²) in [5, 5.41) is 3.32. The van der Waals surface area contributed by atoms with Gasteiger partial charge in [0.1, 0.15) is 0 Å². The second kappa shape index (κ2) is 8.73. The quantitative estimate of drug-likeness (QED) is 0.879. The van der Waals surface area contributed by atoms with Crippen LogP contribution in [0.15, 0.2) is 24.3 Å². The maximum atomic E-state index is 12.5. The summed E-state index contributed by atoms with van der Waals surface area (Å²) in [7, 11) is 0. The summed E-state index contributed by atoms with van der Waals surface area (Å²) in [5.74, 6) is 0.338. The molecular weight excluding hydrogens is 346 g/mol. The first-order chi connectivity index (χ1) is 12.3. The predicted octanol–water partition coefficient (Wildman–Crippen LogP) is 2.60. The number of aryl methyl sites for hydroxylation is 1. The van der Waals surface area contributed by atoms with Crippen molar-refractivity contribution in [2.24, 2.45) is 0 Å². The van der Waals surface area contributed by atoms with Gasteiger partial charge >= 0.3 is 0 Å². The third-order valence-corrected chi connectivity index (χ3v) is 6.46. The summed E-state index contributed by atoms with van der Waals surface area (Å²) in [6, 6.07) is 9.08. The van der Waals surface area contributed by atoms with Crippen LogP contribution in [0.4, 0.5) is 0 Å². The third-order valence-electron chi connectivity index (χ3n) is 6.46. The van der Waals surface area contributed by atoms with Crippen LogP contribution in [0.1, 0.15) is 43.2 Å². The summed E-state index contributed by atoms with van der Waals surface area (Å²) < 4.78 is 0. The fourth-order valence-corrected chi connectivity index (χ4v) is 5.18. The molecule has 2 fully saturated rings. The lowest BCUT2D eigenvalue weighted by Crippen LogP contribution is -2.50. The Balaban J connectivity index is 0.00000196. The largest absolute Gasteiger partial charge is 0.340 e. The minimum atomic E-state index is 0. The van der Waals surface area contributed by atoms with Crippen molar-refractivity contribution < 1.29 is 4.79 Å². The van der Waals surface area contributed by atoms with Crippen molar-refractivity contribution in [2.45, 2.75) is 43.9 Å². The first-order valence-corrected chi connectivity index (χ1v) is 10.1. The molecule has 4 rings (SSSR count). The molecule has 2 saturated heterocycles. The standard InChI is InChI=1S/C21H31N3O.ClH/c25-20(24-15-11-22-12-16-24)8-14-23-13-4-10-21(17-23)9-3-6-18-5-1-2-7-19(18)21;/h1-2,5,7,22H,3-4,6,8-17H2;1H. The van der Waals surface area contributed by atoms with Crippen LogP contribution in [0.2, 0.25) is 0 Å². The Kier molecular flexibility index (Phi) is 6.60. The molecule has 1 atom stereocenters. The van der Waals surface area contributed by atoms with Crippen LogP contribution >= 0.6 is 12.4 Å². The number of rotatable bonds is 3. The Hall–Kier alpha value is -1.10. The Morgan fingerprint density at radius 1 is 1.08 bits per heavy atom. The van der Waals surface area contributed by atoms with E-state index in [2.05, 4.69) is 34.5 Å². The summed E-state index contributed by atoms with van der Waals surface area (Å²) >= 11 is 0. The van der Waals surface area contributed by atoms with Gasteiger partial charge in [-0.3, -0.25) is 4.79 Å². The van der Waals surface area contributed by atoms with Crippen molar-refractivity contribution in [2.75, 3.05) is 45.8 Å². The van der Waals surface area contributed by atoms with E-state index >= 15 is 0 Å². The molecule has 0 radical (unpaired) electrons. The zero-order valence-electron chi connectivity index (χ0n) is 15.7. The van der Waals surface area contributed by atoms with Crippen LogP contribution in [-0.2, 0) is 16.6 Å². The number of hydrogen-bond donors (Lipinski definition) is 1. The van der Waals surface area contributed by atoms with Crippen LogP contribution in [0.25, 0.3) is 0 Å². The third kappa shape index (κ3) is 4.08. The smallest absolute Gasteiger partial charge is 0.223 e. The predicted molar refractivity (Wildman–Crippen MR) is 108 cm³/mol. The highest BCUT2D eigenvalue weighted by Crippen LogP contribution is 2.43. The van der Waals surface area contributed by atoms with E-state index in [1.807, 2.05) is 4.90 Å². The molecule has 1 amide bonds. The number of amides is 1. The van der Waals surface area contributed by atoms with Gasteiger partial charge in [-0.1, -0.05) is 24.3 Å². The highest BCUT2D eigenvalue weighted by Gasteiger charge is 2.39. The molecule has 1 aromatic carbocycles. The van der Waals surface area contributed by atoms with E-state index in [9.17, 15) is 4.79 Å². The van der Waals surface area contributed by atoms with Crippen molar-refractivity contribution in [1.29, 1.82) is 0 Å². The number of likely N-dealkylation sites (tertiary alicyclic amines) is 1. The average Bonchev–Trinajstić information content (AvgIpc) is 2.67. The topological polar surface area (TPSA) is 35.6 Å². The van der Waals surface area contributed by atoms with Crippen molar-refractivity contribution in [3.63, 3.8) is 0 Å². The lowest BCUT2D eigenvalue weighted by atomic mass is 9.66. The highest BCUT2D eigenvalue weighted by molar-refractivity contribution is 5.85. The van der Waals surface area contributed by atoms with E-state index in [1.54, 1.807) is 11.1 Å². The molecule has 2 aliphatic heterocycles. The van der Waals surface area contributed by atoms with Crippen LogP contribution < -0.4 is 5.32 Å². The normalized spacial score (nSPS) is 26.2. The van der Waals surface area contributed by atoms with Crippen LogP contribution in [0, 0.1) is 0 Å². The fourth-order valence-electron chi connectivity index (χ4n) is 5.18. The average molecular weight is 378 g/mol. The summed E-state index contributed by atoms with van der Waals surface area (Å²) in [5.41, 5.74) is 3.50. The number of nitrogens with one attached hydrogen (secondary N) is 1. The number of piperazine rings is 1. The molecule has 0 aromatic heterocycles. The van der Waals surface area contributed by atoms with Crippen molar-refractivity contribution in [1.82, 2.24) is 15.1 Å². The van der Waals surface area contributed by atoms with E-state index in [0.717, 1.165) is 45.8 Å². The van der Waals surface area contributed by atoms with Gasteiger partial charge in [0.2, 0.25) is 5.91 Å². The van der Waals surface area contributed by atoms with E-state index in [4.69, 9.17) is 0 Å². The second-order valence-corrected chi connectivity index (χ2v) is 8.05. The van der Waals surface area contributed by atoms with Crippen molar-refractivity contribution in [3.05, 3.63) is 35.4 Å². The molecule has 3 aliphatic rings. The molecule has 1 N–H and O–H groups in total. The highest BCUT2D eigenvalue weighted by atomic mass is 35.5. The minimum absolute atomic E-state index is 0. The number of fused-ring (bicyclic) bond motifs is 2. The zero-order valence-corrected chi connectivity index (χ0v) is 16.5. The van der Waals surface area contributed by atoms with Crippen molar-refractivity contribution in [3.8, 4) is 0 Å². The molecule has 0 saturated carbocycles. The lowest BCUT2D eigenvalue weighted by Gasteiger charge is -2.46. The molecule has 0 bridgehead atoms. The first kappa shape index (κ1) is 19.7. The molecule has 144 valence electrons. The number of piperidine rings is 1. The number of halogens is 1. The van der Waals surface area contributed by atoms with Gasteiger partial charge in [0.15, 0.2) is 0 Å². The minimum Gasteiger partial charge on any atom is -0.340 e. The van der Waals surface area contributed by atoms with Gasteiger partial charge in [0, 0.05) is 51.1 Å². The van der Waals surface area contributed by atoms with Crippen molar-refractivity contribution >= 4 is 18.3 Å². The van der Waals surface area contributed by atoms with Crippen LogP contribution in [-0.4, -0.2) is 61.5 Å². The molecule has 2 heterocycles. The van der Waals surface area contributed by atoms with Gasteiger partial charge in [-0.2, -0.15) is 0 Å². The van der Waals surface area contributed by atoms with E-state index in [0.29, 0.717) is 17.7 Å². The molecule has 1 aliphatic carbocycles. The molecule has 26 heavy (non-hydrogen) atoms. The van der Waals surface area contributed by atoms with Crippen LogP contribution in [0.5, 0.6) is 0 Å². The van der Waals surface area contributed by atoms with Gasteiger partial charge in [0.05, 0.1) is 0 Å². The molecule has 5 heteroatoms. The number of nitrogens with zero attached hydrogens (tertiary/aromatic N) is 2. The zero-order chi connectivity index (χ0) is 17.1. The van der Waals surface area contributed by atoms with Gasteiger partial charge in [-0.15, -0.1) is 12.4 Å². The fraction of sp³-hybridized carbons (Fsp3) is 0.667. The second-order valence-electron chi connectivity index (χ2n) is 8.05. The lowest BCUT2D eigenvalue weighted by molar-refractivity contribution is -0.132. The Labute approximate surface area is 163 Å². The Morgan fingerprint density at radius 2 is 1.85 bits per heavy atom. The summed E-state index contributed by atoms with van der Waals surface area (Å²) in [6.07, 6.45) is 7.11. The van der Waals surface area contributed by atoms with Gasteiger partial charge < -0.3 is 15.1 Å². The molecular formula is C21H32ClN3O. The molecule has 1 spiro atoms. The summed E-state index contributed by atoms with van der Waals surface area (Å²) in [6.45, 7) is 6.83. The van der Waals surface area contributed by atoms with E-state index < -0.39 is 0 Å². The van der Waals surface area contributed by atoms with Crippen LogP contribution in [0.3, 0.4) is 0 Å². The number of benzene rings is 1.